The maximum absolute atomic E-state index is 6.50. The molecule has 1 nitrogen and oxygen atoms in total. The first kappa shape index (κ1) is 13.6. The molecular weight excluding hydrogens is 220 g/mol. The van der Waals surface area contributed by atoms with Gasteiger partial charge in [0.15, 0.2) is 0 Å². The Labute approximate surface area is 112 Å². The smallest absolute Gasteiger partial charge is 0.0938 e. The van der Waals surface area contributed by atoms with Gasteiger partial charge in [-0.25, -0.2) is 0 Å². The molecule has 1 fully saturated rings. The van der Waals surface area contributed by atoms with E-state index >= 15 is 0 Å². The lowest BCUT2D eigenvalue weighted by molar-refractivity contribution is -0.156. The zero-order chi connectivity index (χ0) is 13.2. The molecule has 0 bridgehead atoms. The highest BCUT2D eigenvalue weighted by molar-refractivity contribution is 5.23. The summed E-state index contributed by atoms with van der Waals surface area (Å²) in [5, 5.41) is 0. The molecule has 2 rings (SSSR count). The average Bonchev–Trinajstić information content (AvgIpc) is 2.82. The van der Waals surface area contributed by atoms with Crippen LogP contribution in [0.1, 0.15) is 58.9 Å². The fraction of sp³-hybridized carbons (Fsp3) is 0.647. The standard InChI is InChI=1S/C17H26O/c1-16(2,3)18-17(4,15-12-8-9-13-15)14-10-6-5-7-11-14/h5-7,10-11,15H,8-9,12-13H2,1-4H3/t17-/m0/s1. The Bertz CT molecular complexity index is 370. The van der Waals surface area contributed by atoms with Crippen molar-refractivity contribution < 1.29 is 4.74 Å². The number of benzene rings is 1. The zero-order valence-electron chi connectivity index (χ0n) is 12.2. The van der Waals surface area contributed by atoms with Crippen molar-refractivity contribution in [3.63, 3.8) is 0 Å². The summed E-state index contributed by atoms with van der Waals surface area (Å²) in [7, 11) is 0. The van der Waals surface area contributed by atoms with Gasteiger partial charge in [-0.1, -0.05) is 43.2 Å². The Hall–Kier alpha value is -0.820. The van der Waals surface area contributed by atoms with Gasteiger partial charge in [0.25, 0.3) is 0 Å². The van der Waals surface area contributed by atoms with E-state index in [0.717, 1.165) is 0 Å². The van der Waals surface area contributed by atoms with Crippen LogP contribution in [0.3, 0.4) is 0 Å². The van der Waals surface area contributed by atoms with E-state index in [1.165, 1.54) is 31.2 Å². The van der Waals surface area contributed by atoms with Crippen LogP contribution in [-0.4, -0.2) is 5.60 Å². The molecule has 0 unspecified atom stereocenters. The summed E-state index contributed by atoms with van der Waals surface area (Å²) in [6.07, 6.45) is 5.28. The molecule has 0 aliphatic heterocycles. The number of ether oxygens (including phenoxy) is 1. The fourth-order valence-corrected chi connectivity index (χ4v) is 3.26. The molecule has 1 heteroatoms. The SMILES string of the molecule is CC(C)(C)O[C@@](C)(c1ccccc1)C1CCCC1. The molecule has 0 radical (unpaired) electrons. The molecule has 0 spiro atoms. The topological polar surface area (TPSA) is 9.23 Å². The Morgan fingerprint density at radius 2 is 1.50 bits per heavy atom. The molecule has 1 aromatic carbocycles. The van der Waals surface area contributed by atoms with Crippen LogP contribution in [0.15, 0.2) is 30.3 Å². The first-order chi connectivity index (χ1) is 8.42. The van der Waals surface area contributed by atoms with Gasteiger partial charge >= 0.3 is 0 Å². The normalized spacial score (nSPS) is 20.9. The highest BCUT2D eigenvalue weighted by Crippen LogP contribution is 2.44. The van der Waals surface area contributed by atoms with Gasteiger partial charge in [0.2, 0.25) is 0 Å². The van der Waals surface area contributed by atoms with Gasteiger partial charge in [0.05, 0.1) is 11.2 Å². The first-order valence-electron chi connectivity index (χ1n) is 7.17. The third-order valence-electron chi connectivity index (χ3n) is 4.00. The first-order valence-corrected chi connectivity index (χ1v) is 7.17. The Kier molecular flexibility index (Phi) is 3.82. The third kappa shape index (κ3) is 2.95. The van der Waals surface area contributed by atoms with E-state index in [1.54, 1.807) is 0 Å². The number of rotatable bonds is 3. The molecule has 0 aromatic heterocycles. The van der Waals surface area contributed by atoms with E-state index in [2.05, 4.69) is 58.0 Å². The molecule has 18 heavy (non-hydrogen) atoms. The van der Waals surface area contributed by atoms with Crippen molar-refractivity contribution in [3.8, 4) is 0 Å². The molecule has 1 aliphatic carbocycles. The van der Waals surface area contributed by atoms with Crippen molar-refractivity contribution in [2.75, 3.05) is 0 Å². The molecular formula is C17H26O. The largest absolute Gasteiger partial charge is 0.365 e. The van der Waals surface area contributed by atoms with Gasteiger partial charge < -0.3 is 4.74 Å². The third-order valence-corrected chi connectivity index (χ3v) is 4.00. The zero-order valence-corrected chi connectivity index (χ0v) is 12.2. The van der Waals surface area contributed by atoms with Crippen molar-refractivity contribution in [1.82, 2.24) is 0 Å². The van der Waals surface area contributed by atoms with Crippen LogP contribution in [0.25, 0.3) is 0 Å². The van der Waals surface area contributed by atoms with Crippen LogP contribution in [0.2, 0.25) is 0 Å². The van der Waals surface area contributed by atoms with Crippen molar-refractivity contribution in [2.24, 2.45) is 5.92 Å². The maximum atomic E-state index is 6.50. The average molecular weight is 246 g/mol. The lowest BCUT2D eigenvalue weighted by Gasteiger charge is -2.41. The summed E-state index contributed by atoms with van der Waals surface area (Å²) >= 11 is 0. The van der Waals surface area contributed by atoms with Gasteiger partial charge in [-0.2, -0.15) is 0 Å². The summed E-state index contributed by atoms with van der Waals surface area (Å²) in [6.45, 7) is 8.75. The highest BCUT2D eigenvalue weighted by atomic mass is 16.5. The maximum Gasteiger partial charge on any atom is 0.0938 e. The van der Waals surface area contributed by atoms with Crippen LogP contribution in [0, 0.1) is 5.92 Å². The van der Waals surface area contributed by atoms with E-state index in [0.29, 0.717) is 5.92 Å². The van der Waals surface area contributed by atoms with Crippen LogP contribution in [0.4, 0.5) is 0 Å². The Balaban J connectivity index is 2.33. The van der Waals surface area contributed by atoms with Crippen molar-refractivity contribution in [1.29, 1.82) is 0 Å². The summed E-state index contributed by atoms with van der Waals surface area (Å²) < 4.78 is 6.50. The molecule has 100 valence electrons. The van der Waals surface area contributed by atoms with Gasteiger partial charge in [-0.15, -0.1) is 0 Å². The lowest BCUT2D eigenvalue weighted by atomic mass is 9.81. The second-order valence-electron chi connectivity index (χ2n) is 6.67. The number of hydrogen-bond donors (Lipinski definition) is 0. The molecule has 1 aliphatic rings. The summed E-state index contributed by atoms with van der Waals surface area (Å²) in [4.78, 5) is 0. The van der Waals surface area contributed by atoms with Gasteiger partial charge in [-0.3, -0.25) is 0 Å². The van der Waals surface area contributed by atoms with E-state index in [1.807, 2.05) is 0 Å². The Morgan fingerprint density at radius 3 is 2.00 bits per heavy atom. The van der Waals surface area contributed by atoms with E-state index in [9.17, 15) is 0 Å². The Morgan fingerprint density at radius 1 is 0.944 bits per heavy atom. The molecule has 0 N–H and O–H groups in total. The minimum Gasteiger partial charge on any atom is -0.365 e. The van der Waals surface area contributed by atoms with Crippen LogP contribution < -0.4 is 0 Å². The lowest BCUT2D eigenvalue weighted by Crippen LogP contribution is -2.40. The molecule has 0 heterocycles. The van der Waals surface area contributed by atoms with Gasteiger partial charge in [0, 0.05) is 0 Å². The van der Waals surface area contributed by atoms with Gasteiger partial charge in [0.1, 0.15) is 0 Å². The fourth-order valence-electron chi connectivity index (χ4n) is 3.26. The molecule has 1 aromatic rings. The molecule has 1 saturated carbocycles. The van der Waals surface area contributed by atoms with Gasteiger partial charge in [-0.05, 0) is 52.0 Å². The molecule has 1 atom stereocenters. The highest BCUT2D eigenvalue weighted by Gasteiger charge is 2.41. The minimum absolute atomic E-state index is 0.104. The summed E-state index contributed by atoms with van der Waals surface area (Å²) in [5.74, 6) is 0.652. The summed E-state index contributed by atoms with van der Waals surface area (Å²) in [5.41, 5.74) is 1.08. The predicted molar refractivity (Wildman–Crippen MR) is 76.6 cm³/mol. The van der Waals surface area contributed by atoms with Crippen molar-refractivity contribution in [3.05, 3.63) is 35.9 Å². The quantitative estimate of drug-likeness (QED) is 0.736. The number of hydrogen-bond acceptors (Lipinski definition) is 1. The molecule has 0 amide bonds. The van der Waals surface area contributed by atoms with E-state index < -0.39 is 0 Å². The molecule has 0 saturated heterocycles. The monoisotopic (exact) mass is 246 g/mol. The van der Waals surface area contributed by atoms with Crippen LogP contribution in [0.5, 0.6) is 0 Å². The van der Waals surface area contributed by atoms with Crippen LogP contribution >= 0.6 is 0 Å². The second-order valence-corrected chi connectivity index (χ2v) is 6.67. The van der Waals surface area contributed by atoms with E-state index in [-0.39, 0.29) is 11.2 Å². The van der Waals surface area contributed by atoms with Crippen molar-refractivity contribution >= 4 is 0 Å². The van der Waals surface area contributed by atoms with E-state index in [4.69, 9.17) is 4.74 Å². The van der Waals surface area contributed by atoms with Crippen molar-refractivity contribution in [2.45, 2.75) is 64.6 Å². The second kappa shape index (κ2) is 5.05. The van der Waals surface area contributed by atoms with Crippen LogP contribution in [-0.2, 0) is 10.3 Å². The summed E-state index contributed by atoms with van der Waals surface area (Å²) in [6, 6.07) is 10.7. The predicted octanol–water partition coefficient (Wildman–Crippen LogP) is 4.91. The minimum atomic E-state index is -0.143.